The van der Waals surface area contributed by atoms with Crippen molar-refractivity contribution in [2.45, 2.75) is 29.3 Å². The zero-order valence-electron chi connectivity index (χ0n) is 15.0. The molecule has 0 spiro atoms. The molecule has 4 rings (SSSR count). The third-order valence-corrected chi connectivity index (χ3v) is 5.76. The monoisotopic (exact) mass is 447 g/mol. The van der Waals surface area contributed by atoms with Crippen molar-refractivity contribution in [3.05, 3.63) is 35.7 Å². The van der Waals surface area contributed by atoms with Crippen molar-refractivity contribution in [2.75, 3.05) is 7.11 Å². The van der Waals surface area contributed by atoms with Gasteiger partial charge in [-0.1, -0.05) is 0 Å². The first-order chi connectivity index (χ1) is 13.6. The van der Waals surface area contributed by atoms with E-state index in [4.69, 9.17) is 16.3 Å². The fourth-order valence-electron chi connectivity index (χ4n) is 2.77. The van der Waals surface area contributed by atoms with Crippen LogP contribution in [0.3, 0.4) is 0 Å². The molecule has 0 aliphatic carbocycles. The van der Waals surface area contributed by atoms with Gasteiger partial charge in [-0.25, -0.2) is 4.98 Å². The molecule has 12 heteroatoms. The maximum Gasteiger partial charge on any atom is 0.488 e. The van der Waals surface area contributed by atoms with Crippen molar-refractivity contribution in [1.29, 1.82) is 0 Å². The summed E-state index contributed by atoms with van der Waals surface area (Å²) in [6.07, 6.45) is -2.86. The minimum Gasteiger partial charge on any atom is -0.496 e. The number of hydrogen-bond donors (Lipinski definition) is 1. The SMILES string of the molecule is COc1ccnc(CS(=O)c2nc3cc4c(cc3[nH]2)OC(F)(F)C(F)(Cl)O4)c1C. The van der Waals surface area contributed by atoms with Gasteiger partial charge in [0.1, 0.15) is 5.75 Å². The van der Waals surface area contributed by atoms with E-state index in [1.165, 1.54) is 19.4 Å². The fraction of sp³-hybridized carbons (Fsp3) is 0.294. The predicted molar refractivity (Wildman–Crippen MR) is 97.6 cm³/mol. The summed E-state index contributed by atoms with van der Waals surface area (Å²) in [7, 11) is -0.116. The normalized spacial score (nSPS) is 21.2. The van der Waals surface area contributed by atoms with Crippen LogP contribution < -0.4 is 14.2 Å². The lowest BCUT2D eigenvalue weighted by molar-refractivity contribution is -0.303. The van der Waals surface area contributed by atoms with Crippen LogP contribution in [0.25, 0.3) is 11.0 Å². The molecule has 2 unspecified atom stereocenters. The average Bonchev–Trinajstić information content (AvgIpc) is 3.05. The van der Waals surface area contributed by atoms with E-state index in [-0.39, 0.29) is 27.7 Å². The topological polar surface area (TPSA) is 86.3 Å². The highest BCUT2D eigenvalue weighted by Gasteiger charge is 2.63. The highest BCUT2D eigenvalue weighted by molar-refractivity contribution is 7.84. The summed E-state index contributed by atoms with van der Waals surface area (Å²) >= 11 is 5.07. The van der Waals surface area contributed by atoms with Gasteiger partial charge in [-0.05, 0) is 24.6 Å². The molecule has 1 aliphatic heterocycles. The Balaban J connectivity index is 1.66. The smallest absolute Gasteiger partial charge is 0.488 e. The molecule has 3 heterocycles. The molecule has 0 bridgehead atoms. The number of nitrogens with one attached hydrogen (secondary N) is 1. The number of H-pyrrole nitrogens is 1. The molecule has 0 amide bonds. The molecule has 154 valence electrons. The average molecular weight is 448 g/mol. The number of benzene rings is 1. The third kappa shape index (κ3) is 3.38. The zero-order chi connectivity index (χ0) is 21.0. The number of aromatic amines is 1. The molecule has 0 saturated heterocycles. The van der Waals surface area contributed by atoms with Crippen molar-refractivity contribution in [3.63, 3.8) is 0 Å². The highest BCUT2D eigenvalue weighted by atomic mass is 35.5. The van der Waals surface area contributed by atoms with Crippen molar-refractivity contribution in [2.24, 2.45) is 0 Å². The first-order valence-electron chi connectivity index (χ1n) is 8.15. The molecule has 29 heavy (non-hydrogen) atoms. The number of fused-ring (bicyclic) bond motifs is 2. The molecule has 7 nitrogen and oxygen atoms in total. The Morgan fingerprint density at radius 2 is 2.00 bits per heavy atom. The van der Waals surface area contributed by atoms with Crippen LogP contribution in [-0.2, 0) is 16.6 Å². The number of rotatable bonds is 4. The van der Waals surface area contributed by atoms with Gasteiger partial charge in [-0.15, -0.1) is 0 Å². The number of nitrogens with zero attached hydrogens (tertiary/aromatic N) is 2. The molecule has 1 aromatic carbocycles. The summed E-state index contributed by atoms with van der Waals surface area (Å²) in [6.45, 7) is 1.79. The van der Waals surface area contributed by atoms with Gasteiger partial charge < -0.3 is 19.2 Å². The van der Waals surface area contributed by atoms with E-state index in [9.17, 15) is 17.4 Å². The Morgan fingerprint density at radius 1 is 1.28 bits per heavy atom. The van der Waals surface area contributed by atoms with Gasteiger partial charge in [0.2, 0.25) is 0 Å². The van der Waals surface area contributed by atoms with Crippen LogP contribution in [0.15, 0.2) is 29.6 Å². The van der Waals surface area contributed by atoms with E-state index in [0.29, 0.717) is 11.4 Å². The molecule has 2 aromatic heterocycles. The molecule has 1 N–H and O–H groups in total. The van der Waals surface area contributed by atoms with Crippen LogP contribution in [0.5, 0.6) is 17.2 Å². The van der Waals surface area contributed by atoms with E-state index < -0.39 is 28.0 Å². The Labute approximate surface area is 169 Å². The van der Waals surface area contributed by atoms with Crippen LogP contribution in [-0.4, -0.2) is 37.7 Å². The summed E-state index contributed by atoms with van der Waals surface area (Å²) < 4.78 is 67.8. The van der Waals surface area contributed by atoms with Gasteiger partial charge in [0.15, 0.2) is 16.7 Å². The molecular formula is C17H13ClF3N3O4S. The second-order valence-electron chi connectivity index (χ2n) is 6.17. The Kier molecular flexibility index (Phi) is 4.61. The van der Waals surface area contributed by atoms with Crippen molar-refractivity contribution < 1.29 is 31.6 Å². The van der Waals surface area contributed by atoms with Gasteiger partial charge in [-0.2, -0.15) is 13.2 Å². The molecule has 0 fully saturated rings. The molecule has 1 aliphatic rings. The van der Waals surface area contributed by atoms with E-state index >= 15 is 0 Å². The Bertz CT molecular complexity index is 1090. The Hall–Kier alpha value is -2.53. The van der Waals surface area contributed by atoms with E-state index in [0.717, 1.165) is 11.6 Å². The predicted octanol–water partition coefficient (Wildman–Crippen LogP) is 3.81. The standard InChI is InChI=1S/C17H13ClF3N3O4S/c1-8-11(22-4-3-12(8)26-2)7-29(25)15-23-9-5-13-14(6-10(9)24-15)28-17(20,21)16(18,19)27-13/h3-6H,7H2,1-2H3,(H,23,24). The second-order valence-corrected chi connectivity index (χ2v) is 8.02. The molecule has 0 saturated carbocycles. The van der Waals surface area contributed by atoms with Crippen LogP contribution in [0, 0.1) is 6.92 Å². The lowest BCUT2D eigenvalue weighted by Gasteiger charge is -2.33. The first-order valence-corrected chi connectivity index (χ1v) is 9.85. The molecule has 3 aromatic rings. The van der Waals surface area contributed by atoms with Gasteiger partial charge in [0.25, 0.3) is 0 Å². The number of alkyl halides is 4. The first kappa shape index (κ1) is 19.8. The largest absolute Gasteiger partial charge is 0.496 e. The number of ether oxygens (including phenoxy) is 3. The highest BCUT2D eigenvalue weighted by Crippen LogP contribution is 2.49. The lowest BCUT2D eigenvalue weighted by atomic mass is 10.2. The quantitative estimate of drug-likeness (QED) is 0.612. The number of halogens is 4. The summed E-state index contributed by atoms with van der Waals surface area (Å²) in [5.74, 6) is -0.129. The number of pyridine rings is 1. The fourth-order valence-corrected chi connectivity index (χ4v) is 4.00. The summed E-state index contributed by atoms with van der Waals surface area (Å²) in [5, 5.41) is -3.78. The minimum atomic E-state index is -4.39. The van der Waals surface area contributed by atoms with Gasteiger partial charge in [-0.3, -0.25) is 9.19 Å². The maximum absolute atomic E-state index is 13.8. The van der Waals surface area contributed by atoms with E-state index in [2.05, 4.69) is 24.4 Å². The second kappa shape index (κ2) is 6.77. The summed E-state index contributed by atoms with van der Waals surface area (Å²) in [5.41, 5.74) is 1.75. The van der Waals surface area contributed by atoms with E-state index in [1.807, 2.05) is 0 Å². The van der Waals surface area contributed by atoms with Crippen molar-refractivity contribution in [1.82, 2.24) is 15.0 Å². The van der Waals surface area contributed by atoms with Crippen molar-refractivity contribution in [3.8, 4) is 17.2 Å². The molecule has 0 radical (unpaired) electrons. The van der Waals surface area contributed by atoms with Crippen LogP contribution in [0.2, 0.25) is 0 Å². The summed E-state index contributed by atoms with van der Waals surface area (Å²) in [6, 6.07) is 4.00. The Morgan fingerprint density at radius 3 is 2.72 bits per heavy atom. The van der Waals surface area contributed by atoms with Crippen LogP contribution in [0.4, 0.5) is 13.2 Å². The number of hydrogen-bond acceptors (Lipinski definition) is 6. The van der Waals surface area contributed by atoms with Crippen LogP contribution in [0.1, 0.15) is 11.3 Å². The lowest BCUT2D eigenvalue weighted by Crippen LogP contribution is -2.51. The molecular weight excluding hydrogens is 435 g/mol. The van der Waals surface area contributed by atoms with Crippen LogP contribution >= 0.6 is 11.6 Å². The number of methoxy groups -OCH3 is 1. The maximum atomic E-state index is 13.8. The summed E-state index contributed by atoms with van der Waals surface area (Å²) in [4.78, 5) is 11.2. The number of imidazole rings is 1. The van der Waals surface area contributed by atoms with Gasteiger partial charge >= 0.3 is 11.4 Å². The van der Waals surface area contributed by atoms with Crippen molar-refractivity contribution >= 4 is 33.4 Å². The minimum absolute atomic E-state index is 0.0446. The number of aromatic nitrogens is 3. The van der Waals surface area contributed by atoms with Gasteiger partial charge in [0, 0.05) is 23.9 Å². The molecule has 2 atom stereocenters. The zero-order valence-corrected chi connectivity index (χ0v) is 16.5. The van der Waals surface area contributed by atoms with E-state index in [1.54, 1.807) is 13.0 Å². The van der Waals surface area contributed by atoms with Gasteiger partial charge in [0.05, 0.1) is 40.4 Å². The third-order valence-electron chi connectivity index (χ3n) is 4.30.